The quantitative estimate of drug-likeness (QED) is 0.810. The molecule has 76 valence electrons. The maximum absolute atomic E-state index is 5.89. The first-order valence-corrected chi connectivity index (χ1v) is 5.09. The third kappa shape index (κ3) is 2.64. The van der Waals surface area contributed by atoms with Crippen LogP contribution in [-0.2, 0) is 6.42 Å². The van der Waals surface area contributed by atoms with Crippen LogP contribution in [0.5, 0.6) is 0 Å². The smallest absolute Gasteiger partial charge is 0.155 e. The molecule has 0 amide bonds. The van der Waals surface area contributed by atoms with Crippen molar-refractivity contribution < 1.29 is 0 Å². The van der Waals surface area contributed by atoms with Crippen LogP contribution in [0.15, 0.2) is 30.5 Å². The summed E-state index contributed by atoms with van der Waals surface area (Å²) in [4.78, 5) is 4.19. The molecule has 0 spiro atoms. The summed E-state index contributed by atoms with van der Waals surface area (Å²) in [5.41, 5.74) is 1.75. The Hall–Kier alpha value is -1.19. The molecule has 0 aliphatic rings. The van der Waals surface area contributed by atoms with E-state index >= 15 is 0 Å². The van der Waals surface area contributed by atoms with E-state index in [0.717, 1.165) is 11.3 Å². The molecule has 2 rings (SSSR count). The van der Waals surface area contributed by atoms with E-state index in [1.807, 2.05) is 18.2 Å². The van der Waals surface area contributed by atoms with Crippen LogP contribution in [0.4, 0.5) is 0 Å². The third-order valence-electron chi connectivity index (χ3n) is 1.89. The van der Waals surface area contributed by atoms with Crippen LogP contribution in [0.3, 0.4) is 0 Å². The summed E-state index contributed by atoms with van der Waals surface area (Å²) < 4.78 is 0. The molecule has 0 atom stereocenters. The van der Waals surface area contributed by atoms with Crippen molar-refractivity contribution in [2.24, 2.45) is 0 Å². The molecule has 0 saturated carbocycles. The lowest BCUT2D eigenvalue weighted by Crippen LogP contribution is -1.95. The Balaban J connectivity index is 2.28. The Labute approximate surface area is 97.1 Å². The zero-order valence-electron chi connectivity index (χ0n) is 7.69. The van der Waals surface area contributed by atoms with E-state index in [9.17, 15) is 0 Å². The molecule has 0 saturated heterocycles. The van der Waals surface area contributed by atoms with Crippen LogP contribution in [0.1, 0.15) is 11.3 Å². The van der Waals surface area contributed by atoms with Crippen LogP contribution in [0.2, 0.25) is 10.3 Å². The van der Waals surface area contributed by atoms with Crippen molar-refractivity contribution in [1.29, 1.82) is 0 Å². The van der Waals surface area contributed by atoms with Gasteiger partial charge in [-0.2, -0.15) is 0 Å². The van der Waals surface area contributed by atoms with E-state index in [2.05, 4.69) is 15.2 Å². The van der Waals surface area contributed by atoms with Gasteiger partial charge >= 0.3 is 0 Å². The zero-order valence-corrected chi connectivity index (χ0v) is 9.20. The van der Waals surface area contributed by atoms with Gasteiger partial charge in [0.2, 0.25) is 0 Å². The van der Waals surface area contributed by atoms with Crippen LogP contribution in [0.25, 0.3) is 0 Å². The van der Waals surface area contributed by atoms with Gasteiger partial charge in [-0.3, -0.25) is 4.98 Å². The summed E-state index contributed by atoms with van der Waals surface area (Å²) in [6.07, 6.45) is 2.34. The monoisotopic (exact) mass is 239 g/mol. The molecule has 0 fully saturated rings. The number of halogens is 2. The first-order valence-electron chi connectivity index (χ1n) is 4.33. The van der Waals surface area contributed by atoms with Gasteiger partial charge in [-0.25, -0.2) is 0 Å². The molecule has 0 unspecified atom stereocenters. The van der Waals surface area contributed by atoms with Crippen molar-refractivity contribution in [2.75, 3.05) is 0 Å². The highest BCUT2D eigenvalue weighted by Crippen LogP contribution is 2.17. The Morgan fingerprint density at radius 2 is 2.00 bits per heavy atom. The molecule has 0 aromatic carbocycles. The summed E-state index contributed by atoms with van der Waals surface area (Å²) in [5.74, 6) is 0. The van der Waals surface area contributed by atoms with Gasteiger partial charge in [0.05, 0.1) is 0 Å². The van der Waals surface area contributed by atoms with E-state index in [0.29, 0.717) is 16.7 Å². The molecule has 0 aliphatic heterocycles. The number of hydrogen-bond donors (Lipinski definition) is 0. The van der Waals surface area contributed by atoms with Gasteiger partial charge in [0.15, 0.2) is 10.3 Å². The number of rotatable bonds is 2. The molecule has 5 heteroatoms. The van der Waals surface area contributed by atoms with Gasteiger partial charge in [-0.15, -0.1) is 10.2 Å². The Morgan fingerprint density at radius 1 is 1.13 bits per heavy atom. The molecular weight excluding hydrogens is 233 g/mol. The van der Waals surface area contributed by atoms with Gasteiger partial charge in [-0.05, 0) is 18.2 Å². The lowest BCUT2D eigenvalue weighted by molar-refractivity contribution is 0.979. The maximum Gasteiger partial charge on any atom is 0.155 e. The van der Waals surface area contributed by atoms with E-state index < -0.39 is 0 Å². The summed E-state index contributed by atoms with van der Waals surface area (Å²) >= 11 is 11.6. The second kappa shape index (κ2) is 4.55. The fourth-order valence-electron chi connectivity index (χ4n) is 1.21. The van der Waals surface area contributed by atoms with Crippen LogP contribution < -0.4 is 0 Å². The average molecular weight is 240 g/mol. The van der Waals surface area contributed by atoms with Crippen molar-refractivity contribution in [3.8, 4) is 0 Å². The van der Waals surface area contributed by atoms with Gasteiger partial charge in [-0.1, -0.05) is 29.3 Å². The standard InChI is InChI=1S/C10H7Cl2N3/c11-9-6-7(10(12)15-14-9)5-8-3-1-2-4-13-8/h1-4,6H,5H2. The van der Waals surface area contributed by atoms with Crippen LogP contribution in [0, 0.1) is 0 Å². The van der Waals surface area contributed by atoms with E-state index in [1.54, 1.807) is 12.3 Å². The lowest BCUT2D eigenvalue weighted by atomic mass is 10.1. The first-order chi connectivity index (χ1) is 7.25. The highest BCUT2D eigenvalue weighted by atomic mass is 35.5. The maximum atomic E-state index is 5.89. The third-order valence-corrected chi connectivity index (χ3v) is 2.39. The fraction of sp³-hybridized carbons (Fsp3) is 0.100. The van der Waals surface area contributed by atoms with E-state index in [4.69, 9.17) is 23.2 Å². The minimum absolute atomic E-state index is 0.338. The number of nitrogens with zero attached hydrogens (tertiary/aromatic N) is 3. The summed E-state index contributed by atoms with van der Waals surface area (Å²) in [7, 11) is 0. The molecule has 2 heterocycles. The van der Waals surface area contributed by atoms with E-state index in [1.165, 1.54) is 0 Å². The second-order valence-corrected chi connectivity index (χ2v) is 3.73. The number of hydrogen-bond acceptors (Lipinski definition) is 3. The largest absolute Gasteiger partial charge is 0.261 e. The molecule has 0 radical (unpaired) electrons. The van der Waals surface area contributed by atoms with Crippen molar-refractivity contribution in [1.82, 2.24) is 15.2 Å². The molecule has 2 aromatic heterocycles. The molecule has 3 nitrogen and oxygen atoms in total. The van der Waals surface area contributed by atoms with Crippen molar-refractivity contribution in [3.63, 3.8) is 0 Å². The summed E-state index contributed by atoms with van der Waals surface area (Å²) in [6.45, 7) is 0. The Morgan fingerprint density at radius 3 is 2.73 bits per heavy atom. The molecule has 0 bridgehead atoms. The number of aromatic nitrogens is 3. The highest BCUT2D eigenvalue weighted by Gasteiger charge is 2.05. The normalized spacial score (nSPS) is 10.3. The van der Waals surface area contributed by atoms with Gasteiger partial charge in [0.25, 0.3) is 0 Å². The summed E-state index contributed by atoms with van der Waals surface area (Å²) in [6, 6.07) is 7.41. The second-order valence-electron chi connectivity index (χ2n) is 2.98. The van der Waals surface area contributed by atoms with E-state index in [-0.39, 0.29) is 0 Å². The summed E-state index contributed by atoms with van der Waals surface area (Å²) in [5, 5.41) is 8.08. The van der Waals surface area contributed by atoms with Crippen molar-refractivity contribution >= 4 is 23.2 Å². The van der Waals surface area contributed by atoms with Gasteiger partial charge < -0.3 is 0 Å². The molecule has 15 heavy (non-hydrogen) atoms. The minimum Gasteiger partial charge on any atom is -0.261 e. The molecular formula is C10H7Cl2N3. The fourth-order valence-corrected chi connectivity index (χ4v) is 1.54. The molecule has 0 aliphatic carbocycles. The Kier molecular flexibility index (Phi) is 3.14. The molecule has 0 N–H and O–H groups in total. The zero-order chi connectivity index (χ0) is 10.7. The number of pyridine rings is 1. The molecule has 2 aromatic rings. The topological polar surface area (TPSA) is 38.7 Å². The van der Waals surface area contributed by atoms with Crippen molar-refractivity contribution in [2.45, 2.75) is 6.42 Å². The van der Waals surface area contributed by atoms with Gasteiger partial charge in [0, 0.05) is 23.9 Å². The first kappa shape index (κ1) is 10.3. The Bertz CT molecular complexity index is 459. The minimum atomic E-state index is 0.338. The SMILES string of the molecule is Clc1cc(Cc2ccccn2)c(Cl)nn1. The van der Waals surface area contributed by atoms with Crippen LogP contribution >= 0.6 is 23.2 Å². The van der Waals surface area contributed by atoms with Crippen LogP contribution in [-0.4, -0.2) is 15.2 Å². The predicted octanol–water partition coefficient (Wildman–Crippen LogP) is 2.77. The highest BCUT2D eigenvalue weighted by molar-refractivity contribution is 6.31. The lowest BCUT2D eigenvalue weighted by Gasteiger charge is -2.02. The van der Waals surface area contributed by atoms with Crippen molar-refractivity contribution in [3.05, 3.63) is 52.0 Å². The van der Waals surface area contributed by atoms with Gasteiger partial charge in [0.1, 0.15) is 0 Å². The predicted molar refractivity (Wildman–Crippen MR) is 59.1 cm³/mol. The average Bonchev–Trinajstić information content (AvgIpc) is 2.25.